The highest BCUT2D eigenvalue weighted by Gasteiger charge is 2.47. The molecule has 2 aromatic carbocycles. The Balaban J connectivity index is 1.76. The highest BCUT2D eigenvalue weighted by atomic mass is 79.9. The maximum Gasteiger partial charge on any atom is 0.501 e. The van der Waals surface area contributed by atoms with Crippen LogP contribution in [0.5, 0.6) is 0 Å². The van der Waals surface area contributed by atoms with Gasteiger partial charge >= 0.3 is 11.7 Å². The average molecular weight is 523 g/mol. The van der Waals surface area contributed by atoms with Crippen LogP contribution in [0.3, 0.4) is 0 Å². The standard InChI is InChI=1S/C21H13BrF6O2S/c22-18-6-3-13(9-17(18)20(23,24)25)16-11-19(7-8-19)10-15(16)12-1-4-14(5-2-12)31(29,30)21(26,27)28/h1-6,9-11H,7-8H2. The van der Waals surface area contributed by atoms with E-state index in [1.165, 1.54) is 24.3 Å². The first kappa shape index (κ1) is 22.1. The van der Waals surface area contributed by atoms with Gasteiger partial charge in [0.25, 0.3) is 9.84 Å². The van der Waals surface area contributed by atoms with E-state index in [9.17, 15) is 34.8 Å². The lowest BCUT2D eigenvalue weighted by Crippen LogP contribution is -2.23. The van der Waals surface area contributed by atoms with E-state index in [0.717, 1.165) is 31.0 Å². The summed E-state index contributed by atoms with van der Waals surface area (Å²) in [7, 11) is -5.48. The number of hydrogen-bond donors (Lipinski definition) is 0. The maximum atomic E-state index is 13.3. The quantitative estimate of drug-likeness (QED) is 0.406. The molecule has 0 atom stereocenters. The second-order valence-corrected chi connectivity index (χ2v) is 10.3. The maximum absolute atomic E-state index is 13.3. The van der Waals surface area contributed by atoms with Crippen LogP contribution < -0.4 is 0 Å². The van der Waals surface area contributed by atoms with Gasteiger partial charge in [0.05, 0.1) is 10.5 Å². The molecule has 0 N–H and O–H groups in total. The molecule has 1 fully saturated rings. The normalized spacial score (nSPS) is 18.2. The molecular formula is C21H13BrF6O2S. The summed E-state index contributed by atoms with van der Waals surface area (Å²) in [5.41, 5.74) is -4.72. The van der Waals surface area contributed by atoms with Crippen LogP contribution in [0, 0.1) is 5.41 Å². The van der Waals surface area contributed by atoms with E-state index < -0.39 is 32.0 Å². The summed E-state index contributed by atoms with van der Waals surface area (Å²) in [6.07, 6.45) is 0.798. The van der Waals surface area contributed by atoms with Crippen molar-refractivity contribution in [2.75, 3.05) is 0 Å². The monoisotopic (exact) mass is 522 g/mol. The molecule has 31 heavy (non-hydrogen) atoms. The molecule has 0 aromatic heterocycles. The van der Waals surface area contributed by atoms with E-state index in [2.05, 4.69) is 15.9 Å². The SMILES string of the molecule is O=S(=O)(c1ccc(C2=CC3(C=C2c2ccc(Br)c(C(F)(F)F)c2)CC3)cc1)C(F)(F)F. The summed E-state index contributed by atoms with van der Waals surface area (Å²) in [5, 5.41) is 0. The molecule has 10 heteroatoms. The fourth-order valence-electron chi connectivity index (χ4n) is 3.54. The molecule has 1 saturated carbocycles. The van der Waals surface area contributed by atoms with Gasteiger partial charge in [-0.05, 0) is 59.4 Å². The number of alkyl halides is 6. The van der Waals surface area contributed by atoms with Gasteiger partial charge in [-0.1, -0.05) is 46.3 Å². The summed E-state index contributed by atoms with van der Waals surface area (Å²) in [4.78, 5) is -0.892. The Hall–Kier alpha value is -2.07. The molecule has 2 nitrogen and oxygen atoms in total. The molecule has 0 amide bonds. The molecule has 0 radical (unpaired) electrons. The van der Waals surface area contributed by atoms with Crippen LogP contribution in [0.25, 0.3) is 11.1 Å². The Morgan fingerprint density at radius 1 is 0.806 bits per heavy atom. The molecule has 0 bridgehead atoms. The Labute approximate surface area is 182 Å². The molecule has 2 aliphatic carbocycles. The van der Waals surface area contributed by atoms with Gasteiger partial charge in [0.2, 0.25) is 0 Å². The van der Waals surface area contributed by atoms with Crippen molar-refractivity contribution in [2.24, 2.45) is 5.41 Å². The van der Waals surface area contributed by atoms with Crippen LogP contribution in [0.1, 0.15) is 29.5 Å². The molecule has 0 saturated heterocycles. The summed E-state index contributed by atoms with van der Waals surface area (Å²) >= 11 is 2.91. The molecular weight excluding hydrogens is 510 g/mol. The van der Waals surface area contributed by atoms with Gasteiger partial charge in [-0.15, -0.1) is 0 Å². The minimum atomic E-state index is -5.48. The van der Waals surface area contributed by atoms with Crippen molar-refractivity contribution in [1.29, 1.82) is 0 Å². The smallest absolute Gasteiger partial charge is 0.214 e. The first-order valence-electron chi connectivity index (χ1n) is 8.99. The molecule has 164 valence electrons. The van der Waals surface area contributed by atoms with E-state index in [1.54, 1.807) is 0 Å². The van der Waals surface area contributed by atoms with E-state index in [-0.39, 0.29) is 9.89 Å². The van der Waals surface area contributed by atoms with Crippen LogP contribution in [0.15, 0.2) is 64.0 Å². The van der Waals surface area contributed by atoms with Gasteiger partial charge < -0.3 is 0 Å². The van der Waals surface area contributed by atoms with Crippen molar-refractivity contribution >= 4 is 36.9 Å². The number of benzene rings is 2. The van der Waals surface area contributed by atoms with Gasteiger partial charge in [0.15, 0.2) is 0 Å². The third-order valence-corrected chi connectivity index (χ3v) is 7.54. The second kappa shape index (κ2) is 6.96. The van der Waals surface area contributed by atoms with E-state index in [4.69, 9.17) is 0 Å². The highest BCUT2D eigenvalue weighted by molar-refractivity contribution is 9.10. The average Bonchev–Trinajstić information content (AvgIpc) is 3.31. The van der Waals surface area contributed by atoms with Gasteiger partial charge in [0, 0.05) is 9.89 Å². The fourth-order valence-corrected chi connectivity index (χ4v) is 4.77. The van der Waals surface area contributed by atoms with Crippen LogP contribution in [-0.4, -0.2) is 13.9 Å². The van der Waals surface area contributed by atoms with E-state index in [1.807, 2.05) is 12.2 Å². The first-order chi connectivity index (χ1) is 14.2. The first-order valence-corrected chi connectivity index (χ1v) is 11.3. The lowest BCUT2D eigenvalue weighted by atomic mass is 9.94. The summed E-state index contributed by atoms with van der Waals surface area (Å²) < 4.78 is 101. The van der Waals surface area contributed by atoms with Crippen molar-refractivity contribution in [3.05, 3.63) is 75.8 Å². The summed E-state index contributed by atoms with van der Waals surface area (Å²) in [6.45, 7) is 0. The third-order valence-electron chi connectivity index (χ3n) is 5.34. The molecule has 0 aliphatic heterocycles. The van der Waals surface area contributed by atoms with Crippen LogP contribution in [-0.2, 0) is 16.0 Å². The Bertz CT molecular complexity index is 1220. The van der Waals surface area contributed by atoms with Crippen molar-refractivity contribution in [3.63, 3.8) is 0 Å². The molecule has 0 heterocycles. The Kier molecular flexibility index (Phi) is 4.97. The minimum absolute atomic E-state index is 0.101. The predicted octanol–water partition coefficient (Wildman–Crippen LogP) is 7.02. The number of allylic oxidation sites excluding steroid dienone is 4. The fraction of sp³-hybridized carbons (Fsp3) is 0.238. The van der Waals surface area contributed by atoms with Gasteiger partial charge in [-0.25, -0.2) is 8.42 Å². The largest absolute Gasteiger partial charge is 0.501 e. The number of sulfone groups is 1. The van der Waals surface area contributed by atoms with Gasteiger partial charge in [-0.2, -0.15) is 26.3 Å². The van der Waals surface area contributed by atoms with Gasteiger partial charge in [-0.3, -0.25) is 0 Å². The molecule has 0 unspecified atom stereocenters. The zero-order valence-corrected chi connectivity index (χ0v) is 17.9. The highest BCUT2D eigenvalue weighted by Crippen LogP contribution is 2.58. The molecule has 4 rings (SSSR count). The predicted molar refractivity (Wildman–Crippen MR) is 106 cm³/mol. The van der Waals surface area contributed by atoms with E-state index in [0.29, 0.717) is 22.3 Å². The van der Waals surface area contributed by atoms with Crippen molar-refractivity contribution < 1.29 is 34.8 Å². The van der Waals surface area contributed by atoms with Crippen LogP contribution >= 0.6 is 15.9 Å². The Morgan fingerprint density at radius 3 is 1.81 bits per heavy atom. The molecule has 1 spiro atoms. The number of halogens is 7. The second-order valence-electron chi connectivity index (χ2n) is 7.52. The number of hydrogen-bond acceptors (Lipinski definition) is 2. The molecule has 2 aromatic rings. The minimum Gasteiger partial charge on any atom is -0.214 e. The van der Waals surface area contributed by atoms with Gasteiger partial charge in [0.1, 0.15) is 0 Å². The van der Waals surface area contributed by atoms with Crippen LogP contribution in [0.4, 0.5) is 26.3 Å². The van der Waals surface area contributed by atoms with Crippen molar-refractivity contribution in [2.45, 2.75) is 29.4 Å². The lowest BCUT2D eigenvalue weighted by molar-refractivity contribution is -0.138. The number of rotatable bonds is 3. The summed E-state index contributed by atoms with van der Waals surface area (Å²) in [5.74, 6) is 0. The van der Waals surface area contributed by atoms with E-state index >= 15 is 0 Å². The zero-order valence-electron chi connectivity index (χ0n) is 15.5. The Morgan fingerprint density at radius 2 is 1.32 bits per heavy atom. The van der Waals surface area contributed by atoms with Crippen molar-refractivity contribution in [1.82, 2.24) is 0 Å². The topological polar surface area (TPSA) is 34.1 Å². The van der Waals surface area contributed by atoms with Crippen LogP contribution in [0.2, 0.25) is 0 Å². The zero-order chi connectivity index (χ0) is 22.8. The molecule has 2 aliphatic rings. The third kappa shape index (κ3) is 3.95. The lowest BCUT2D eigenvalue weighted by Gasteiger charge is -2.15. The van der Waals surface area contributed by atoms with Crippen molar-refractivity contribution in [3.8, 4) is 0 Å². The summed E-state index contributed by atoms with van der Waals surface area (Å²) in [6, 6.07) is 8.05.